The third-order valence-electron chi connectivity index (χ3n) is 8.80. The van der Waals surface area contributed by atoms with Crippen molar-refractivity contribution in [3.63, 3.8) is 0 Å². The third kappa shape index (κ3) is 17.2. The Balaban J connectivity index is 0.00000167. The number of hydrogen-bond donors (Lipinski definition) is 0. The van der Waals surface area contributed by atoms with E-state index in [1.54, 1.807) is 24.3 Å². The second kappa shape index (κ2) is 26.8. The maximum Gasteiger partial charge on any atom is 0.788 e. The van der Waals surface area contributed by atoms with Crippen LogP contribution in [0.3, 0.4) is 0 Å². The molecule has 0 bridgehead atoms. The molecule has 0 saturated heterocycles. The van der Waals surface area contributed by atoms with Crippen molar-refractivity contribution in [2.75, 3.05) is 26.2 Å². The van der Waals surface area contributed by atoms with Crippen molar-refractivity contribution in [3.05, 3.63) is 66.6 Å². The minimum atomic E-state index is -1.03. The van der Waals surface area contributed by atoms with Gasteiger partial charge >= 0.3 is 7.32 Å². The molecule has 2 aromatic rings. The van der Waals surface area contributed by atoms with E-state index in [1.807, 2.05) is 0 Å². The van der Waals surface area contributed by atoms with Crippen LogP contribution in [-0.4, -0.2) is 38.0 Å². The van der Waals surface area contributed by atoms with E-state index in [0.717, 1.165) is 113 Å². The second-order valence-corrected chi connectivity index (χ2v) is 12.9. The molecule has 0 heterocycles. The van der Waals surface area contributed by atoms with E-state index >= 15 is 0 Å². The Labute approximate surface area is 288 Å². The van der Waals surface area contributed by atoms with Gasteiger partial charge in [0.2, 0.25) is 0 Å². The molecule has 1 atom stereocenters. The summed E-state index contributed by atoms with van der Waals surface area (Å²) in [5, 5.41) is 0. The summed E-state index contributed by atoms with van der Waals surface area (Å²) in [5.74, 6) is 0.457. The van der Waals surface area contributed by atoms with Crippen LogP contribution >= 0.6 is 0 Å². The average molecular weight is 660 g/mol. The molecule has 47 heavy (non-hydrogen) atoms. The first-order valence-corrected chi connectivity index (χ1v) is 19.0. The molecule has 0 spiro atoms. The minimum absolute atomic E-state index is 0.103. The summed E-state index contributed by atoms with van der Waals surface area (Å²) in [6.07, 6.45) is 18.0. The van der Waals surface area contributed by atoms with Gasteiger partial charge in [-0.2, -0.15) is 6.42 Å². The van der Waals surface area contributed by atoms with E-state index < -0.39 is 7.32 Å². The Kier molecular flexibility index (Phi) is 24.5. The Morgan fingerprint density at radius 1 is 0.638 bits per heavy atom. The van der Waals surface area contributed by atoms with Gasteiger partial charge in [0.05, 0.1) is 25.2 Å². The van der Waals surface area contributed by atoms with Gasteiger partial charge in [-0.05, 0) is 68.1 Å². The fraction of sp³-hybridized carbons (Fsp3) is 0.675. The van der Waals surface area contributed by atoms with Crippen LogP contribution < -0.4 is 9.31 Å². The van der Waals surface area contributed by atoms with Gasteiger partial charge in [-0.25, -0.2) is 8.78 Å². The van der Waals surface area contributed by atoms with Crippen molar-refractivity contribution in [2.24, 2.45) is 0 Å². The summed E-state index contributed by atoms with van der Waals surface area (Å²) >= 11 is 0. The quantitative estimate of drug-likeness (QED) is 0.0435. The highest BCUT2D eigenvalue weighted by Crippen LogP contribution is 2.40. The van der Waals surface area contributed by atoms with Crippen LogP contribution in [0.5, 0.6) is 11.5 Å². The summed E-state index contributed by atoms with van der Waals surface area (Å²) in [4.78, 5) is 0. The average Bonchev–Trinajstić information content (AvgIpc) is 3.08. The van der Waals surface area contributed by atoms with Gasteiger partial charge in [-0.3, -0.25) is 0 Å². The van der Waals surface area contributed by atoms with E-state index in [1.165, 1.54) is 37.5 Å². The zero-order chi connectivity index (χ0) is 34.8. The highest BCUT2D eigenvalue weighted by molar-refractivity contribution is 6.38. The maximum absolute atomic E-state index is 15.0. The third-order valence-corrected chi connectivity index (χ3v) is 8.80. The lowest BCUT2D eigenvalue weighted by atomic mass is 9.94. The highest BCUT2D eigenvalue weighted by atomic mass is 19.1. The first kappa shape index (κ1) is 42.9. The molecule has 0 radical (unpaired) electrons. The molecule has 1 unspecified atom stereocenters. The number of hydrogen-bond acceptors (Lipinski definition) is 3. The number of unbranched alkanes of at least 4 members (excludes halogenated alkanes) is 9. The zero-order valence-electron chi connectivity index (χ0n) is 31.0. The fourth-order valence-corrected chi connectivity index (χ4v) is 6.06. The van der Waals surface area contributed by atoms with E-state index in [9.17, 15) is 8.78 Å². The predicted octanol–water partition coefficient (Wildman–Crippen LogP) is 12.5. The maximum atomic E-state index is 15.0. The van der Waals surface area contributed by atoms with E-state index in [4.69, 9.17) is 14.0 Å². The zero-order valence-corrected chi connectivity index (χ0v) is 31.0. The SMILES string of the molecule is CCCCCCOB(Oc1ccc(F)cc1)Oc1ccc(F)cc1C(CCC)[N+](CCCC)(CCCC)CCCC.[CH2-]CCCCC. The smallest absolute Gasteiger partial charge is 0.501 e. The van der Waals surface area contributed by atoms with Crippen molar-refractivity contribution in [2.45, 2.75) is 150 Å². The monoisotopic (exact) mass is 660 g/mol. The number of rotatable bonds is 26. The summed E-state index contributed by atoms with van der Waals surface area (Å²) in [7, 11) is -1.03. The Morgan fingerprint density at radius 2 is 1.19 bits per heavy atom. The molecule has 0 N–H and O–H groups in total. The molecule has 0 saturated carbocycles. The summed E-state index contributed by atoms with van der Waals surface area (Å²) in [5.41, 5.74) is 0.887. The fourth-order valence-electron chi connectivity index (χ4n) is 6.06. The van der Waals surface area contributed by atoms with Crippen molar-refractivity contribution in [1.29, 1.82) is 0 Å². The van der Waals surface area contributed by atoms with Crippen LogP contribution in [0, 0.1) is 18.6 Å². The molecule has 268 valence electrons. The van der Waals surface area contributed by atoms with Crippen molar-refractivity contribution in [1.82, 2.24) is 0 Å². The van der Waals surface area contributed by atoms with E-state index in [-0.39, 0.29) is 17.7 Å². The Bertz CT molecular complexity index is 997. The number of halogens is 2. The van der Waals surface area contributed by atoms with Crippen molar-refractivity contribution in [3.8, 4) is 11.5 Å². The first-order valence-electron chi connectivity index (χ1n) is 19.0. The van der Waals surface area contributed by atoms with Gasteiger partial charge in [0, 0.05) is 13.0 Å². The molecule has 0 aromatic heterocycles. The Hall–Kier alpha value is -2.12. The van der Waals surface area contributed by atoms with Crippen LogP contribution in [0.2, 0.25) is 0 Å². The van der Waals surface area contributed by atoms with Crippen LogP contribution in [0.1, 0.15) is 156 Å². The van der Waals surface area contributed by atoms with Gasteiger partial charge in [0.25, 0.3) is 0 Å². The van der Waals surface area contributed by atoms with Gasteiger partial charge < -0.3 is 25.4 Å². The standard InChI is InChI=1S/C34H55BF2NO3.C6H13/c1-6-11-15-16-27-39-35(40-31-21-18-29(36)19-22-31)41-34-23-20-30(37)28-32(34)33(17-10-5)38(24-12-7-2,25-13-8-3)26-14-9-4;1-3-5-6-4-2/h18-23,28,33H,6-17,24-27H2,1-5H3;1,3-6H2,2H3/q+1;-1. The lowest BCUT2D eigenvalue weighted by Crippen LogP contribution is -2.52. The molecule has 7 heteroatoms. The van der Waals surface area contributed by atoms with E-state index in [0.29, 0.717) is 18.1 Å². The van der Waals surface area contributed by atoms with Gasteiger partial charge in [-0.15, -0.1) is 0 Å². The van der Waals surface area contributed by atoms with Gasteiger partial charge in [-0.1, -0.05) is 106 Å². The topological polar surface area (TPSA) is 27.7 Å². The molecule has 0 aliphatic heterocycles. The Morgan fingerprint density at radius 3 is 1.70 bits per heavy atom. The summed E-state index contributed by atoms with van der Waals surface area (Å²) in [6, 6.07) is 10.8. The number of nitrogens with zero attached hydrogens (tertiary/aromatic N) is 1. The lowest BCUT2D eigenvalue weighted by molar-refractivity contribution is -0.958. The summed E-state index contributed by atoms with van der Waals surface area (Å²) < 4.78 is 48.1. The predicted molar refractivity (Wildman–Crippen MR) is 197 cm³/mol. The largest absolute Gasteiger partial charge is 0.788 e. The van der Waals surface area contributed by atoms with Crippen LogP contribution in [0.25, 0.3) is 0 Å². The van der Waals surface area contributed by atoms with Crippen molar-refractivity contribution < 1.29 is 27.2 Å². The minimum Gasteiger partial charge on any atom is -0.501 e. The van der Waals surface area contributed by atoms with Gasteiger partial charge in [0.15, 0.2) is 0 Å². The lowest BCUT2D eigenvalue weighted by Gasteiger charge is -2.46. The van der Waals surface area contributed by atoms with Crippen LogP contribution in [0.15, 0.2) is 42.5 Å². The molecular weight excluding hydrogens is 591 g/mol. The molecule has 2 rings (SSSR count). The normalized spacial score (nSPS) is 11.9. The number of quaternary nitrogens is 1. The summed E-state index contributed by atoms with van der Waals surface area (Å²) in [6.45, 7) is 20.7. The number of benzene rings is 2. The van der Waals surface area contributed by atoms with Crippen molar-refractivity contribution >= 4 is 7.32 Å². The van der Waals surface area contributed by atoms with Gasteiger partial charge in [0.1, 0.15) is 29.2 Å². The second-order valence-electron chi connectivity index (χ2n) is 12.9. The molecular formula is C40H68BF2NO3. The molecule has 0 aliphatic rings. The molecule has 0 aliphatic carbocycles. The first-order chi connectivity index (χ1) is 22.8. The van der Waals surface area contributed by atoms with Crippen LogP contribution in [0.4, 0.5) is 8.78 Å². The molecule has 2 aromatic carbocycles. The van der Waals surface area contributed by atoms with Crippen LogP contribution in [-0.2, 0) is 4.65 Å². The molecule has 0 fully saturated rings. The van der Waals surface area contributed by atoms with E-state index in [2.05, 4.69) is 48.5 Å². The molecule has 4 nitrogen and oxygen atoms in total. The molecule has 0 amide bonds. The highest BCUT2D eigenvalue weighted by Gasteiger charge is 2.39.